The maximum Gasteiger partial charge on any atom is 0.417 e. The number of hydrogen-bond donors (Lipinski definition) is 0. The fourth-order valence-corrected chi connectivity index (χ4v) is 1.83. The highest BCUT2D eigenvalue weighted by atomic mass is 28.4. The molecule has 5 heteroatoms. The van der Waals surface area contributed by atoms with E-state index in [1.807, 2.05) is 0 Å². The SMILES string of the molecule is C=C(C)C(=O)C(=O)[Si](C)(OC)OC. The van der Waals surface area contributed by atoms with Crippen molar-refractivity contribution >= 4 is 19.8 Å². The summed E-state index contributed by atoms with van der Waals surface area (Å²) in [6.07, 6.45) is 0. The molecule has 0 aromatic heterocycles. The first-order valence-corrected chi connectivity index (χ1v) is 6.05. The maximum absolute atomic E-state index is 11.5. The first-order valence-electron chi connectivity index (χ1n) is 3.74. The number of allylic oxidation sites excluding steroid dienone is 1. The number of hydrogen-bond acceptors (Lipinski definition) is 4. The molecule has 0 bridgehead atoms. The molecule has 74 valence electrons. The van der Waals surface area contributed by atoms with Gasteiger partial charge in [-0.15, -0.1) is 0 Å². The van der Waals surface area contributed by atoms with E-state index in [4.69, 9.17) is 8.85 Å². The third kappa shape index (κ3) is 2.58. The number of Topliss-reactive ketones (excluding diaryl/α,β-unsaturated/α-hetero) is 1. The fourth-order valence-electron chi connectivity index (χ4n) is 0.669. The van der Waals surface area contributed by atoms with Gasteiger partial charge in [-0.05, 0) is 19.0 Å². The monoisotopic (exact) mass is 202 g/mol. The van der Waals surface area contributed by atoms with Gasteiger partial charge in [0.1, 0.15) is 0 Å². The van der Waals surface area contributed by atoms with Crippen LogP contribution in [0.3, 0.4) is 0 Å². The lowest BCUT2D eigenvalue weighted by molar-refractivity contribution is -0.131. The Morgan fingerprint density at radius 2 is 1.62 bits per heavy atom. The Kier molecular flexibility index (Phi) is 4.18. The van der Waals surface area contributed by atoms with Gasteiger partial charge in [-0.2, -0.15) is 0 Å². The Hall–Kier alpha value is -0.783. The Balaban J connectivity index is 4.76. The quantitative estimate of drug-likeness (QED) is 0.372. The van der Waals surface area contributed by atoms with Crippen LogP contribution < -0.4 is 0 Å². The van der Waals surface area contributed by atoms with Gasteiger partial charge in [0, 0.05) is 14.2 Å². The molecule has 0 aromatic rings. The zero-order valence-electron chi connectivity index (χ0n) is 8.34. The van der Waals surface area contributed by atoms with Crippen LogP contribution in [0.25, 0.3) is 0 Å². The van der Waals surface area contributed by atoms with Gasteiger partial charge in [0.2, 0.25) is 11.2 Å². The summed E-state index contributed by atoms with van der Waals surface area (Å²) in [4.78, 5) is 22.7. The summed E-state index contributed by atoms with van der Waals surface area (Å²) in [5.74, 6) is -0.613. The zero-order valence-corrected chi connectivity index (χ0v) is 9.34. The molecular formula is C8H14O4Si. The predicted octanol–water partition coefficient (Wildman–Crippen LogP) is 0.605. The molecule has 0 saturated heterocycles. The molecule has 0 saturated carbocycles. The molecule has 0 aliphatic rings. The van der Waals surface area contributed by atoms with Crippen LogP contribution in [0, 0.1) is 0 Å². The summed E-state index contributed by atoms with van der Waals surface area (Å²) in [6.45, 7) is 6.41. The Bertz CT molecular complexity index is 243. The van der Waals surface area contributed by atoms with Crippen molar-refractivity contribution in [2.24, 2.45) is 0 Å². The van der Waals surface area contributed by atoms with E-state index in [0.717, 1.165) is 0 Å². The standard InChI is InChI=1S/C8H14O4Si/c1-6(2)7(9)8(10)13(5,11-3)12-4/h1H2,2-5H3. The van der Waals surface area contributed by atoms with Gasteiger partial charge in [0.15, 0.2) is 0 Å². The Labute approximate surface area is 78.8 Å². The van der Waals surface area contributed by atoms with Crippen molar-refractivity contribution in [3.8, 4) is 0 Å². The highest BCUT2D eigenvalue weighted by molar-refractivity contribution is 7.06. The van der Waals surface area contributed by atoms with E-state index in [2.05, 4.69) is 6.58 Å². The van der Waals surface area contributed by atoms with Crippen LogP contribution in [0.15, 0.2) is 12.2 Å². The van der Waals surface area contributed by atoms with E-state index in [0.29, 0.717) is 0 Å². The van der Waals surface area contributed by atoms with Gasteiger partial charge < -0.3 is 8.85 Å². The molecule has 0 fully saturated rings. The van der Waals surface area contributed by atoms with E-state index >= 15 is 0 Å². The molecule has 0 unspecified atom stereocenters. The minimum absolute atomic E-state index is 0.206. The topological polar surface area (TPSA) is 52.6 Å². The lowest BCUT2D eigenvalue weighted by Gasteiger charge is -2.19. The van der Waals surface area contributed by atoms with Gasteiger partial charge in [-0.1, -0.05) is 6.58 Å². The van der Waals surface area contributed by atoms with E-state index in [9.17, 15) is 9.59 Å². The lowest BCUT2D eigenvalue weighted by atomic mass is 10.2. The van der Waals surface area contributed by atoms with Crippen molar-refractivity contribution < 1.29 is 18.4 Å². The van der Waals surface area contributed by atoms with Crippen LogP contribution >= 0.6 is 0 Å². The summed E-state index contributed by atoms with van der Waals surface area (Å²) in [5, 5.41) is -0.606. The smallest absolute Gasteiger partial charge is 0.393 e. The Morgan fingerprint density at radius 1 is 1.23 bits per heavy atom. The van der Waals surface area contributed by atoms with Crippen LogP contribution in [0.5, 0.6) is 0 Å². The second-order valence-corrected chi connectivity index (χ2v) is 5.95. The van der Waals surface area contributed by atoms with E-state index in [1.54, 1.807) is 0 Å². The molecule has 0 atom stereocenters. The van der Waals surface area contributed by atoms with E-state index in [-0.39, 0.29) is 5.57 Å². The second kappa shape index (κ2) is 4.45. The fraction of sp³-hybridized carbons (Fsp3) is 0.500. The van der Waals surface area contributed by atoms with Gasteiger partial charge in [0.25, 0.3) is 0 Å². The molecule has 0 heterocycles. The van der Waals surface area contributed by atoms with Gasteiger partial charge in [-0.25, -0.2) is 0 Å². The highest BCUT2D eigenvalue weighted by Crippen LogP contribution is 2.08. The van der Waals surface area contributed by atoms with E-state index < -0.39 is 19.8 Å². The summed E-state index contributed by atoms with van der Waals surface area (Å²) in [6, 6.07) is 0. The zero-order chi connectivity index (χ0) is 10.6. The average molecular weight is 202 g/mol. The molecule has 0 spiro atoms. The summed E-state index contributed by atoms with van der Waals surface area (Å²) in [7, 11) is -0.255. The first-order chi connectivity index (χ1) is 5.89. The van der Waals surface area contributed by atoms with Gasteiger partial charge in [-0.3, -0.25) is 9.59 Å². The largest absolute Gasteiger partial charge is 0.417 e. The molecule has 4 nitrogen and oxygen atoms in total. The molecule has 0 aromatic carbocycles. The van der Waals surface area contributed by atoms with Crippen LogP contribution in [0.2, 0.25) is 6.55 Å². The van der Waals surface area contributed by atoms with Gasteiger partial charge in [0.05, 0.1) is 0 Å². The molecular weight excluding hydrogens is 188 g/mol. The van der Waals surface area contributed by atoms with Crippen molar-refractivity contribution in [1.29, 1.82) is 0 Å². The summed E-state index contributed by atoms with van der Waals surface area (Å²) < 4.78 is 9.85. The Morgan fingerprint density at radius 3 is 1.85 bits per heavy atom. The molecule has 0 radical (unpaired) electrons. The minimum Gasteiger partial charge on any atom is -0.393 e. The normalized spacial score (nSPS) is 11.1. The average Bonchev–Trinajstić information content (AvgIpc) is 2.14. The van der Waals surface area contributed by atoms with Crippen molar-refractivity contribution in [2.75, 3.05) is 14.2 Å². The van der Waals surface area contributed by atoms with Crippen molar-refractivity contribution in [3.05, 3.63) is 12.2 Å². The first kappa shape index (κ1) is 12.2. The molecule has 0 aliphatic carbocycles. The predicted molar refractivity (Wildman–Crippen MR) is 50.5 cm³/mol. The van der Waals surface area contributed by atoms with Crippen molar-refractivity contribution in [1.82, 2.24) is 0 Å². The minimum atomic E-state index is -2.98. The van der Waals surface area contributed by atoms with Crippen molar-refractivity contribution in [2.45, 2.75) is 13.5 Å². The molecule has 0 amide bonds. The van der Waals surface area contributed by atoms with Crippen LogP contribution in [-0.4, -0.2) is 34.0 Å². The van der Waals surface area contributed by atoms with Crippen LogP contribution in [0.4, 0.5) is 0 Å². The lowest BCUT2D eigenvalue weighted by Crippen LogP contribution is -2.49. The molecule has 0 N–H and O–H groups in total. The second-order valence-electron chi connectivity index (χ2n) is 2.79. The number of ketones is 1. The highest BCUT2D eigenvalue weighted by Gasteiger charge is 2.43. The van der Waals surface area contributed by atoms with Crippen molar-refractivity contribution in [3.63, 3.8) is 0 Å². The summed E-state index contributed by atoms with van der Waals surface area (Å²) >= 11 is 0. The summed E-state index contributed by atoms with van der Waals surface area (Å²) in [5.41, 5.74) is 0.206. The van der Waals surface area contributed by atoms with E-state index in [1.165, 1.54) is 27.7 Å². The maximum atomic E-state index is 11.5. The van der Waals surface area contributed by atoms with Crippen LogP contribution in [0.1, 0.15) is 6.92 Å². The number of rotatable bonds is 5. The molecule has 13 heavy (non-hydrogen) atoms. The van der Waals surface area contributed by atoms with Crippen LogP contribution in [-0.2, 0) is 18.4 Å². The number of carbonyl (C=O) groups is 2. The third-order valence-corrected chi connectivity index (χ3v) is 4.40. The molecule has 0 aliphatic heterocycles. The third-order valence-electron chi connectivity index (χ3n) is 1.79. The van der Waals surface area contributed by atoms with Gasteiger partial charge >= 0.3 is 8.56 Å². The molecule has 0 rings (SSSR count). The number of carbonyl (C=O) groups excluding carboxylic acids is 2.